The molecule has 0 radical (unpaired) electrons. The molecule has 1 saturated heterocycles. The van der Waals surface area contributed by atoms with Gasteiger partial charge < -0.3 is 0 Å². The molecule has 2 heteroatoms. The Kier molecular flexibility index (Phi) is 3.56. The third kappa shape index (κ3) is 2.54. The first-order chi connectivity index (χ1) is 6.75. The number of alkyl halides is 1. The predicted octanol–water partition coefficient (Wildman–Crippen LogP) is 3.66. The summed E-state index contributed by atoms with van der Waals surface area (Å²) in [5.74, 6) is 3.41. The highest BCUT2D eigenvalue weighted by atomic mass is 79.9. The minimum absolute atomic E-state index is 0.716. The molecule has 0 spiro atoms. The number of hydrogen-bond donors (Lipinski definition) is 0. The van der Waals surface area contributed by atoms with Crippen molar-refractivity contribution >= 4 is 27.7 Å². The Morgan fingerprint density at radius 1 is 1.29 bits per heavy atom. The zero-order valence-electron chi connectivity index (χ0n) is 8.37. The van der Waals surface area contributed by atoms with Gasteiger partial charge in [-0.2, -0.15) is 11.8 Å². The Hall–Kier alpha value is 0.0500. The first-order valence-corrected chi connectivity index (χ1v) is 7.10. The summed E-state index contributed by atoms with van der Waals surface area (Å²) in [6.45, 7) is 2.14. The molecule has 0 saturated carbocycles. The van der Waals surface area contributed by atoms with Crippen LogP contribution in [0.3, 0.4) is 0 Å². The second kappa shape index (κ2) is 4.71. The van der Waals surface area contributed by atoms with Crippen LogP contribution in [0.1, 0.15) is 11.1 Å². The summed E-state index contributed by atoms with van der Waals surface area (Å²) in [4.78, 5) is 0.716. The number of aryl methyl sites for hydroxylation is 1. The number of benzene rings is 1. The Balaban J connectivity index is 2.00. The number of thioether (sulfide) groups is 1. The molecule has 76 valence electrons. The van der Waals surface area contributed by atoms with Crippen LogP contribution in [0.25, 0.3) is 0 Å². The molecule has 1 aromatic carbocycles. The van der Waals surface area contributed by atoms with Crippen LogP contribution in [-0.4, -0.2) is 16.3 Å². The molecule has 2 rings (SSSR count). The minimum atomic E-state index is 0.716. The van der Waals surface area contributed by atoms with Crippen molar-refractivity contribution in [2.24, 2.45) is 5.92 Å². The second-order valence-electron chi connectivity index (χ2n) is 4.00. The van der Waals surface area contributed by atoms with Crippen molar-refractivity contribution in [3.8, 4) is 0 Å². The van der Waals surface area contributed by atoms with Crippen molar-refractivity contribution in [3.05, 3.63) is 35.4 Å². The molecule has 1 fully saturated rings. The van der Waals surface area contributed by atoms with Gasteiger partial charge in [-0.05, 0) is 30.6 Å². The molecule has 0 amide bonds. The largest absolute Gasteiger partial charge is 0.160 e. The summed E-state index contributed by atoms with van der Waals surface area (Å²) in [5.41, 5.74) is 2.83. The fourth-order valence-electron chi connectivity index (χ4n) is 1.79. The maximum absolute atomic E-state index is 3.76. The van der Waals surface area contributed by atoms with E-state index in [0.717, 1.165) is 5.92 Å². The van der Waals surface area contributed by atoms with Gasteiger partial charge in [0, 0.05) is 10.6 Å². The van der Waals surface area contributed by atoms with Crippen molar-refractivity contribution < 1.29 is 0 Å². The molecule has 2 unspecified atom stereocenters. The fourth-order valence-corrected chi connectivity index (χ4v) is 4.25. The molecule has 1 aromatic rings. The lowest BCUT2D eigenvalue weighted by Gasteiger charge is -2.12. The Morgan fingerprint density at radius 3 is 2.57 bits per heavy atom. The summed E-state index contributed by atoms with van der Waals surface area (Å²) in [5, 5.41) is 0. The molecule has 0 aliphatic carbocycles. The van der Waals surface area contributed by atoms with E-state index >= 15 is 0 Å². The summed E-state index contributed by atoms with van der Waals surface area (Å²) >= 11 is 5.82. The average Bonchev–Trinajstić information content (AvgIpc) is 2.56. The molecule has 0 bridgehead atoms. The van der Waals surface area contributed by atoms with Gasteiger partial charge in [0.25, 0.3) is 0 Å². The monoisotopic (exact) mass is 270 g/mol. The topological polar surface area (TPSA) is 0 Å². The minimum Gasteiger partial charge on any atom is -0.160 e. The third-order valence-corrected chi connectivity index (χ3v) is 5.50. The van der Waals surface area contributed by atoms with Crippen molar-refractivity contribution in [1.29, 1.82) is 0 Å². The first-order valence-electron chi connectivity index (χ1n) is 5.03. The van der Waals surface area contributed by atoms with E-state index in [4.69, 9.17) is 0 Å². The van der Waals surface area contributed by atoms with E-state index in [9.17, 15) is 0 Å². The van der Waals surface area contributed by atoms with Crippen molar-refractivity contribution in [3.63, 3.8) is 0 Å². The maximum atomic E-state index is 3.76. The molecular formula is C12H15BrS. The van der Waals surface area contributed by atoms with Crippen molar-refractivity contribution in [2.75, 3.05) is 11.5 Å². The quantitative estimate of drug-likeness (QED) is 0.740. The zero-order chi connectivity index (χ0) is 9.97. The summed E-state index contributed by atoms with van der Waals surface area (Å²) in [6, 6.07) is 8.94. The van der Waals surface area contributed by atoms with E-state index in [1.165, 1.54) is 29.1 Å². The molecule has 1 aliphatic heterocycles. The predicted molar refractivity (Wildman–Crippen MR) is 68.4 cm³/mol. The standard InChI is InChI=1S/C12H15BrS/c1-9-2-4-10(5-3-9)6-11-7-14-8-12(11)13/h2-5,11-12H,6-8H2,1H3. The van der Waals surface area contributed by atoms with E-state index in [2.05, 4.69) is 58.9 Å². The fraction of sp³-hybridized carbons (Fsp3) is 0.500. The summed E-state index contributed by atoms with van der Waals surface area (Å²) in [7, 11) is 0. The molecule has 0 aromatic heterocycles. The van der Waals surface area contributed by atoms with E-state index in [1.54, 1.807) is 0 Å². The maximum Gasteiger partial charge on any atom is 0.0275 e. The first kappa shape index (κ1) is 10.6. The van der Waals surface area contributed by atoms with Crippen LogP contribution in [-0.2, 0) is 6.42 Å². The molecule has 1 heterocycles. The van der Waals surface area contributed by atoms with E-state index in [0.29, 0.717) is 4.83 Å². The van der Waals surface area contributed by atoms with Crippen LogP contribution in [0.2, 0.25) is 0 Å². The number of halogens is 1. The van der Waals surface area contributed by atoms with Gasteiger partial charge in [0.2, 0.25) is 0 Å². The van der Waals surface area contributed by atoms with Gasteiger partial charge in [0.05, 0.1) is 0 Å². The van der Waals surface area contributed by atoms with Gasteiger partial charge in [0.15, 0.2) is 0 Å². The smallest absolute Gasteiger partial charge is 0.0275 e. The van der Waals surface area contributed by atoms with Crippen LogP contribution in [0.5, 0.6) is 0 Å². The van der Waals surface area contributed by atoms with Crippen LogP contribution in [0.15, 0.2) is 24.3 Å². The van der Waals surface area contributed by atoms with Crippen LogP contribution < -0.4 is 0 Å². The normalized spacial score (nSPS) is 26.7. The van der Waals surface area contributed by atoms with Gasteiger partial charge >= 0.3 is 0 Å². The van der Waals surface area contributed by atoms with Crippen LogP contribution in [0.4, 0.5) is 0 Å². The highest BCUT2D eigenvalue weighted by Gasteiger charge is 2.25. The van der Waals surface area contributed by atoms with Crippen LogP contribution in [0, 0.1) is 12.8 Å². The summed E-state index contributed by atoms with van der Waals surface area (Å²) < 4.78 is 0. The second-order valence-corrected chi connectivity index (χ2v) is 6.25. The highest BCUT2D eigenvalue weighted by Crippen LogP contribution is 2.32. The number of rotatable bonds is 2. The van der Waals surface area contributed by atoms with Gasteiger partial charge in [0.1, 0.15) is 0 Å². The van der Waals surface area contributed by atoms with Gasteiger partial charge in [-0.3, -0.25) is 0 Å². The molecule has 0 nitrogen and oxygen atoms in total. The Labute approximate surface area is 98.6 Å². The van der Waals surface area contributed by atoms with Crippen molar-refractivity contribution in [2.45, 2.75) is 18.2 Å². The lowest BCUT2D eigenvalue weighted by atomic mass is 9.98. The van der Waals surface area contributed by atoms with Gasteiger partial charge in [-0.1, -0.05) is 45.8 Å². The number of hydrogen-bond acceptors (Lipinski definition) is 1. The van der Waals surface area contributed by atoms with E-state index < -0.39 is 0 Å². The lowest BCUT2D eigenvalue weighted by molar-refractivity contribution is 0.616. The van der Waals surface area contributed by atoms with E-state index in [1.807, 2.05) is 0 Å². The van der Waals surface area contributed by atoms with Crippen LogP contribution >= 0.6 is 27.7 Å². The molecule has 2 atom stereocenters. The molecular weight excluding hydrogens is 256 g/mol. The molecule has 14 heavy (non-hydrogen) atoms. The Bertz CT molecular complexity index is 294. The average molecular weight is 271 g/mol. The third-order valence-electron chi connectivity index (χ3n) is 2.74. The SMILES string of the molecule is Cc1ccc(CC2CSCC2Br)cc1. The lowest BCUT2D eigenvalue weighted by Crippen LogP contribution is -2.14. The highest BCUT2D eigenvalue weighted by molar-refractivity contribution is 9.09. The van der Waals surface area contributed by atoms with Gasteiger partial charge in [-0.25, -0.2) is 0 Å². The van der Waals surface area contributed by atoms with Crippen molar-refractivity contribution in [1.82, 2.24) is 0 Å². The van der Waals surface area contributed by atoms with E-state index in [-0.39, 0.29) is 0 Å². The zero-order valence-corrected chi connectivity index (χ0v) is 10.8. The Morgan fingerprint density at radius 2 is 2.00 bits per heavy atom. The summed E-state index contributed by atoms with van der Waals surface area (Å²) in [6.07, 6.45) is 1.23. The molecule has 0 N–H and O–H groups in total. The van der Waals surface area contributed by atoms with Gasteiger partial charge in [-0.15, -0.1) is 0 Å². The molecule has 1 aliphatic rings.